The van der Waals surface area contributed by atoms with Crippen LogP contribution in [0.5, 0.6) is 0 Å². The highest BCUT2D eigenvalue weighted by Gasteiger charge is 2.28. The molecule has 1 saturated carbocycles. The van der Waals surface area contributed by atoms with Gasteiger partial charge < -0.3 is 15.6 Å². The van der Waals surface area contributed by atoms with E-state index in [0.29, 0.717) is 23.7 Å². The Morgan fingerprint density at radius 2 is 2.04 bits per heavy atom. The number of aromatic amines is 1. The molecule has 1 unspecified atom stereocenters. The zero-order valence-corrected chi connectivity index (χ0v) is 15.6. The molecule has 1 fully saturated rings. The van der Waals surface area contributed by atoms with E-state index in [4.69, 9.17) is 0 Å². The average Bonchev–Trinajstić information content (AvgIpc) is 3.10. The predicted molar refractivity (Wildman–Crippen MR) is 104 cm³/mol. The van der Waals surface area contributed by atoms with Gasteiger partial charge in [-0.05, 0) is 39.5 Å². The molecule has 0 saturated heterocycles. The third-order valence-electron chi connectivity index (χ3n) is 4.37. The second-order valence-electron chi connectivity index (χ2n) is 6.70. The first-order valence-electron chi connectivity index (χ1n) is 8.39. The molecule has 4 rings (SSSR count). The van der Waals surface area contributed by atoms with Crippen molar-refractivity contribution >= 4 is 42.1 Å². The molecule has 0 spiro atoms. The van der Waals surface area contributed by atoms with Crippen LogP contribution in [0.4, 0.5) is 17.5 Å². The topological polar surface area (TPSA) is 96.3 Å². The number of rotatable bonds is 6. The van der Waals surface area contributed by atoms with Gasteiger partial charge in [-0.1, -0.05) is 0 Å². The summed E-state index contributed by atoms with van der Waals surface area (Å²) in [5, 5.41) is 11.0. The van der Waals surface area contributed by atoms with Gasteiger partial charge in [0, 0.05) is 18.3 Å². The maximum Gasteiger partial charge on any atom is 0.231 e. The summed E-state index contributed by atoms with van der Waals surface area (Å²) < 4.78 is 1.89. The molecule has 8 nitrogen and oxygen atoms in total. The van der Waals surface area contributed by atoms with Crippen LogP contribution in [0.3, 0.4) is 0 Å². The molecule has 25 heavy (non-hydrogen) atoms. The van der Waals surface area contributed by atoms with Gasteiger partial charge in [-0.2, -0.15) is 28.6 Å². The second-order valence-corrected chi connectivity index (χ2v) is 6.70. The molecular formula is C16H24N8S. The van der Waals surface area contributed by atoms with Crippen LogP contribution in [0.15, 0.2) is 18.7 Å². The van der Waals surface area contributed by atoms with E-state index in [9.17, 15) is 0 Å². The molecule has 3 aromatic heterocycles. The smallest absolute Gasteiger partial charge is 0.231 e. The van der Waals surface area contributed by atoms with Crippen molar-refractivity contribution in [1.29, 1.82) is 0 Å². The molecule has 1 aliphatic rings. The Morgan fingerprint density at radius 1 is 1.24 bits per heavy atom. The van der Waals surface area contributed by atoms with Crippen LogP contribution in [0, 0.1) is 5.92 Å². The number of hydrogen-bond acceptors (Lipinski definition) is 6. The Hall–Kier alpha value is -2.29. The molecule has 134 valence electrons. The SMILES string of the molecule is CC(Nc1nc(Nc2cnn(C(C)C)c2)nc2nc[nH]c12)C1CC1.S. The van der Waals surface area contributed by atoms with Crippen LogP contribution in [0.25, 0.3) is 11.2 Å². The molecule has 3 heterocycles. The highest BCUT2D eigenvalue weighted by Crippen LogP contribution is 2.34. The Kier molecular flexibility index (Phi) is 4.85. The van der Waals surface area contributed by atoms with Crippen LogP contribution in [-0.2, 0) is 0 Å². The minimum Gasteiger partial charge on any atom is -0.365 e. The minimum absolute atomic E-state index is 0. The van der Waals surface area contributed by atoms with Gasteiger partial charge >= 0.3 is 0 Å². The number of hydrogen-bond donors (Lipinski definition) is 3. The van der Waals surface area contributed by atoms with Crippen LogP contribution in [0.2, 0.25) is 0 Å². The van der Waals surface area contributed by atoms with Gasteiger partial charge in [-0.15, -0.1) is 0 Å². The minimum atomic E-state index is 0. The molecule has 3 aromatic rings. The average molecular weight is 360 g/mol. The Morgan fingerprint density at radius 3 is 2.72 bits per heavy atom. The molecule has 1 atom stereocenters. The molecule has 0 aromatic carbocycles. The predicted octanol–water partition coefficient (Wildman–Crippen LogP) is 3.20. The number of nitrogens with one attached hydrogen (secondary N) is 3. The van der Waals surface area contributed by atoms with Crippen molar-refractivity contribution in [1.82, 2.24) is 29.7 Å². The lowest BCUT2D eigenvalue weighted by Gasteiger charge is -2.14. The van der Waals surface area contributed by atoms with Crippen LogP contribution in [0.1, 0.15) is 39.7 Å². The zero-order chi connectivity index (χ0) is 16.7. The van der Waals surface area contributed by atoms with Crippen LogP contribution < -0.4 is 10.6 Å². The molecule has 3 N–H and O–H groups in total. The molecular weight excluding hydrogens is 336 g/mol. The molecule has 0 amide bonds. The third-order valence-corrected chi connectivity index (χ3v) is 4.37. The first-order chi connectivity index (χ1) is 11.6. The fourth-order valence-corrected chi connectivity index (χ4v) is 2.74. The van der Waals surface area contributed by atoms with Gasteiger partial charge in [0.25, 0.3) is 0 Å². The quantitative estimate of drug-likeness (QED) is 0.625. The maximum atomic E-state index is 4.63. The molecule has 0 radical (unpaired) electrons. The van der Waals surface area contributed by atoms with Gasteiger partial charge in [0.15, 0.2) is 11.5 Å². The number of fused-ring (bicyclic) bond motifs is 1. The molecule has 0 bridgehead atoms. The number of imidazole rings is 1. The van der Waals surface area contributed by atoms with E-state index in [1.807, 2.05) is 10.9 Å². The summed E-state index contributed by atoms with van der Waals surface area (Å²) in [6.45, 7) is 6.37. The first kappa shape index (κ1) is 17.5. The van der Waals surface area contributed by atoms with Crippen molar-refractivity contribution in [3.05, 3.63) is 18.7 Å². The van der Waals surface area contributed by atoms with E-state index in [2.05, 4.69) is 56.4 Å². The summed E-state index contributed by atoms with van der Waals surface area (Å²) in [6, 6.07) is 0.704. The Balaban J connectivity index is 0.00000182. The van der Waals surface area contributed by atoms with Crippen molar-refractivity contribution in [3.8, 4) is 0 Å². The summed E-state index contributed by atoms with van der Waals surface area (Å²) in [5.74, 6) is 2.04. The fourth-order valence-electron chi connectivity index (χ4n) is 2.74. The zero-order valence-electron chi connectivity index (χ0n) is 14.6. The van der Waals surface area contributed by atoms with E-state index in [1.165, 1.54) is 12.8 Å². The van der Waals surface area contributed by atoms with Gasteiger partial charge in [0.2, 0.25) is 5.95 Å². The lowest BCUT2D eigenvalue weighted by atomic mass is 10.2. The summed E-state index contributed by atoms with van der Waals surface area (Å²) in [7, 11) is 0. The van der Waals surface area contributed by atoms with E-state index in [1.54, 1.807) is 12.5 Å². The van der Waals surface area contributed by atoms with Gasteiger partial charge in [0.05, 0.1) is 18.2 Å². The second kappa shape index (κ2) is 6.91. The summed E-state index contributed by atoms with van der Waals surface area (Å²) >= 11 is 0. The Labute approximate surface area is 153 Å². The van der Waals surface area contributed by atoms with Gasteiger partial charge in [-0.25, -0.2) is 4.98 Å². The largest absolute Gasteiger partial charge is 0.365 e. The van der Waals surface area contributed by atoms with E-state index >= 15 is 0 Å². The standard InChI is InChI=1S/C16H22N8.H2S/c1-9(2)24-7-12(6-19-24)21-16-22-14-13(17-8-18-14)15(23-16)20-10(3)11-4-5-11;/h6-11H,4-5H2,1-3H3,(H3,17,18,20,21,22,23);1H2. The molecule has 0 aliphatic heterocycles. The van der Waals surface area contributed by atoms with Gasteiger partial charge in [-0.3, -0.25) is 4.68 Å². The summed E-state index contributed by atoms with van der Waals surface area (Å²) in [5.41, 5.74) is 2.35. The lowest BCUT2D eigenvalue weighted by molar-refractivity contribution is 0.532. The lowest BCUT2D eigenvalue weighted by Crippen LogP contribution is -2.19. The van der Waals surface area contributed by atoms with Crippen molar-refractivity contribution in [2.45, 2.75) is 45.7 Å². The number of nitrogens with zero attached hydrogens (tertiary/aromatic N) is 5. The van der Waals surface area contributed by atoms with Crippen molar-refractivity contribution < 1.29 is 0 Å². The van der Waals surface area contributed by atoms with E-state index < -0.39 is 0 Å². The monoisotopic (exact) mass is 360 g/mol. The van der Waals surface area contributed by atoms with E-state index in [-0.39, 0.29) is 13.5 Å². The third kappa shape index (κ3) is 3.71. The van der Waals surface area contributed by atoms with Crippen LogP contribution >= 0.6 is 13.5 Å². The Bertz CT molecular complexity index is 851. The fraction of sp³-hybridized carbons (Fsp3) is 0.500. The first-order valence-corrected chi connectivity index (χ1v) is 8.39. The van der Waals surface area contributed by atoms with Crippen LogP contribution in [-0.4, -0.2) is 35.8 Å². The van der Waals surface area contributed by atoms with E-state index in [0.717, 1.165) is 22.9 Å². The highest BCUT2D eigenvalue weighted by molar-refractivity contribution is 7.59. The van der Waals surface area contributed by atoms with Crippen molar-refractivity contribution in [3.63, 3.8) is 0 Å². The van der Waals surface area contributed by atoms with Gasteiger partial charge in [0.1, 0.15) is 5.52 Å². The van der Waals surface area contributed by atoms with Crippen molar-refractivity contribution in [2.75, 3.05) is 10.6 Å². The number of H-pyrrole nitrogens is 1. The summed E-state index contributed by atoms with van der Waals surface area (Å²) in [4.78, 5) is 16.5. The number of anilines is 3. The molecule has 1 aliphatic carbocycles. The normalized spacial score (nSPS) is 15.2. The highest BCUT2D eigenvalue weighted by atomic mass is 32.1. The summed E-state index contributed by atoms with van der Waals surface area (Å²) in [6.07, 6.45) is 7.93. The molecule has 9 heteroatoms. The number of aromatic nitrogens is 6. The maximum absolute atomic E-state index is 4.63. The van der Waals surface area contributed by atoms with Crippen molar-refractivity contribution in [2.24, 2.45) is 5.92 Å².